The molecule has 1 fully saturated rings. The van der Waals surface area contributed by atoms with E-state index in [1.165, 1.54) is 6.07 Å². The minimum Gasteiger partial charge on any atom is -0.410 e. The summed E-state index contributed by atoms with van der Waals surface area (Å²) in [4.78, 5) is 28.6. The molecule has 172 valence electrons. The van der Waals surface area contributed by atoms with Crippen LogP contribution in [0.5, 0.6) is 5.75 Å². The molecule has 3 heterocycles. The van der Waals surface area contributed by atoms with Gasteiger partial charge in [-0.25, -0.2) is 4.79 Å². The van der Waals surface area contributed by atoms with E-state index in [4.69, 9.17) is 4.74 Å². The van der Waals surface area contributed by atoms with E-state index in [-0.39, 0.29) is 0 Å². The monoisotopic (exact) mass is 457 g/mol. The lowest BCUT2D eigenvalue weighted by Gasteiger charge is -2.33. The Bertz CT molecular complexity index is 1050. The number of halogens is 3. The summed E-state index contributed by atoms with van der Waals surface area (Å²) in [6, 6.07) is 9.25. The van der Waals surface area contributed by atoms with Crippen LogP contribution in [0.4, 0.5) is 18.0 Å². The molecule has 2 aromatic heterocycles. The standard InChI is InChI=1S/C23H22F3N5O2/c24-23(25,26)18-3-4-19(29-14-18)13-17-1-5-21(6-2-17)33-22(32)31-11-9-30(10-12-31)16-20-15-27-7-8-28-20/h1-8,14-15H,9-13,16H2. The fourth-order valence-corrected chi connectivity index (χ4v) is 3.48. The molecule has 0 radical (unpaired) electrons. The first kappa shape index (κ1) is 22.7. The van der Waals surface area contributed by atoms with E-state index < -0.39 is 17.8 Å². The molecule has 7 nitrogen and oxygen atoms in total. The van der Waals surface area contributed by atoms with Crippen molar-refractivity contribution in [3.8, 4) is 5.75 Å². The molecule has 0 saturated carbocycles. The number of nitrogens with zero attached hydrogens (tertiary/aromatic N) is 5. The highest BCUT2D eigenvalue weighted by Gasteiger charge is 2.30. The number of benzene rings is 1. The highest BCUT2D eigenvalue weighted by atomic mass is 19.4. The Morgan fingerprint density at radius 1 is 0.909 bits per heavy atom. The Hall–Kier alpha value is -3.53. The Morgan fingerprint density at radius 2 is 1.67 bits per heavy atom. The van der Waals surface area contributed by atoms with E-state index in [1.807, 2.05) is 0 Å². The van der Waals surface area contributed by atoms with Crippen molar-refractivity contribution in [2.45, 2.75) is 19.1 Å². The second-order valence-electron chi connectivity index (χ2n) is 7.68. The van der Waals surface area contributed by atoms with E-state index in [0.29, 0.717) is 50.6 Å². The van der Waals surface area contributed by atoms with Gasteiger partial charge in [-0.1, -0.05) is 12.1 Å². The third kappa shape index (κ3) is 6.26. The number of ether oxygens (including phenoxy) is 1. The summed E-state index contributed by atoms with van der Waals surface area (Å²) < 4.78 is 43.4. The summed E-state index contributed by atoms with van der Waals surface area (Å²) >= 11 is 0. The number of hydrogen-bond donors (Lipinski definition) is 0. The fourth-order valence-electron chi connectivity index (χ4n) is 3.48. The number of piperazine rings is 1. The molecule has 0 aliphatic carbocycles. The van der Waals surface area contributed by atoms with Crippen molar-refractivity contribution in [3.63, 3.8) is 0 Å². The molecule has 0 atom stereocenters. The van der Waals surface area contributed by atoms with Gasteiger partial charge < -0.3 is 9.64 Å². The van der Waals surface area contributed by atoms with Crippen LogP contribution in [0.2, 0.25) is 0 Å². The van der Waals surface area contributed by atoms with Crippen LogP contribution in [0.25, 0.3) is 0 Å². The lowest BCUT2D eigenvalue weighted by atomic mass is 10.1. The van der Waals surface area contributed by atoms with Gasteiger partial charge in [-0.2, -0.15) is 13.2 Å². The minimum atomic E-state index is -4.40. The van der Waals surface area contributed by atoms with E-state index in [9.17, 15) is 18.0 Å². The van der Waals surface area contributed by atoms with Crippen LogP contribution in [0.15, 0.2) is 61.2 Å². The summed E-state index contributed by atoms with van der Waals surface area (Å²) in [5, 5.41) is 0. The zero-order chi connectivity index (χ0) is 23.3. The Morgan fingerprint density at radius 3 is 2.27 bits per heavy atom. The van der Waals surface area contributed by atoms with Gasteiger partial charge in [0.05, 0.1) is 11.3 Å². The number of carbonyl (C=O) groups excluding carboxylic acids is 1. The van der Waals surface area contributed by atoms with Crippen LogP contribution in [0.3, 0.4) is 0 Å². The first-order valence-corrected chi connectivity index (χ1v) is 10.4. The van der Waals surface area contributed by atoms with E-state index >= 15 is 0 Å². The van der Waals surface area contributed by atoms with Gasteiger partial charge in [0.2, 0.25) is 0 Å². The van der Waals surface area contributed by atoms with Crippen molar-refractivity contribution in [2.75, 3.05) is 26.2 Å². The molecule has 4 rings (SSSR count). The largest absolute Gasteiger partial charge is 0.417 e. The summed E-state index contributed by atoms with van der Waals surface area (Å²) in [5.41, 5.74) is 1.48. The van der Waals surface area contributed by atoms with Gasteiger partial charge in [-0.3, -0.25) is 19.9 Å². The fraction of sp³-hybridized carbons (Fsp3) is 0.304. The molecule has 0 bridgehead atoms. The van der Waals surface area contributed by atoms with E-state index in [2.05, 4.69) is 19.9 Å². The second kappa shape index (κ2) is 9.95. The van der Waals surface area contributed by atoms with Gasteiger partial charge in [0, 0.05) is 69.6 Å². The average molecular weight is 457 g/mol. The number of aromatic nitrogens is 3. The van der Waals surface area contributed by atoms with E-state index in [0.717, 1.165) is 23.5 Å². The Kier molecular flexibility index (Phi) is 6.83. The lowest BCUT2D eigenvalue weighted by Crippen LogP contribution is -2.49. The number of pyridine rings is 1. The number of carbonyl (C=O) groups is 1. The van der Waals surface area contributed by atoms with Crippen LogP contribution in [0.1, 0.15) is 22.5 Å². The van der Waals surface area contributed by atoms with Crippen molar-refractivity contribution in [1.82, 2.24) is 24.8 Å². The van der Waals surface area contributed by atoms with Gasteiger partial charge >= 0.3 is 12.3 Å². The molecule has 1 aliphatic rings. The van der Waals surface area contributed by atoms with Gasteiger partial charge in [-0.15, -0.1) is 0 Å². The number of hydrogen-bond acceptors (Lipinski definition) is 6. The summed E-state index contributed by atoms with van der Waals surface area (Å²) in [6.45, 7) is 3.22. The SMILES string of the molecule is O=C(Oc1ccc(Cc2ccc(C(F)(F)F)cn2)cc1)N1CCN(Cc2cnccn2)CC1. The molecule has 0 N–H and O–H groups in total. The number of rotatable bonds is 5. The Balaban J connectivity index is 1.25. The predicted octanol–water partition coefficient (Wildman–Crippen LogP) is 3.80. The number of amides is 1. The van der Waals surface area contributed by atoms with Crippen LogP contribution >= 0.6 is 0 Å². The predicted molar refractivity (Wildman–Crippen MR) is 113 cm³/mol. The van der Waals surface area contributed by atoms with E-state index in [1.54, 1.807) is 47.8 Å². The zero-order valence-corrected chi connectivity index (χ0v) is 17.7. The summed E-state index contributed by atoms with van der Waals surface area (Å²) in [6.07, 6.45) is 1.42. The third-order valence-corrected chi connectivity index (χ3v) is 5.30. The normalized spacial score (nSPS) is 14.8. The van der Waals surface area contributed by atoms with Crippen molar-refractivity contribution in [3.05, 3.63) is 83.7 Å². The van der Waals surface area contributed by atoms with Gasteiger partial charge in [0.25, 0.3) is 0 Å². The first-order valence-electron chi connectivity index (χ1n) is 10.4. The van der Waals surface area contributed by atoms with Crippen molar-refractivity contribution >= 4 is 6.09 Å². The number of alkyl halides is 3. The molecule has 10 heteroatoms. The molecule has 33 heavy (non-hydrogen) atoms. The summed E-state index contributed by atoms with van der Waals surface area (Å²) in [5.74, 6) is 0.408. The molecular formula is C23H22F3N5O2. The molecule has 1 aromatic carbocycles. The van der Waals surface area contributed by atoms with Gasteiger partial charge in [-0.05, 0) is 29.8 Å². The maximum atomic E-state index is 12.6. The van der Waals surface area contributed by atoms with Crippen molar-refractivity contribution < 1.29 is 22.7 Å². The highest BCUT2D eigenvalue weighted by molar-refractivity contribution is 5.70. The minimum absolute atomic E-state index is 0.375. The molecule has 1 aliphatic heterocycles. The first-order chi connectivity index (χ1) is 15.9. The molecule has 1 amide bonds. The molecule has 1 saturated heterocycles. The highest BCUT2D eigenvalue weighted by Crippen LogP contribution is 2.28. The quantitative estimate of drug-likeness (QED) is 0.581. The second-order valence-corrected chi connectivity index (χ2v) is 7.68. The summed E-state index contributed by atoms with van der Waals surface area (Å²) in [7, 11) is 0. The van der Waals surface area contributed by atoms with Crippen molar-refractivity contribution in [1.29, 1.82) is 0 Å². The van der Waals surface area contributed by atoms with Crippen LogP contribution in [-0.4, -0.2) is 57.0 Å². The van der Waals surface area contributed by atoms with Crippen molar-refractivity contribution in [2.24, 2.45) is 0 Å². The van der Waals surface area contributed by atoms with Crippen LogP contribution < -0.4 is 4.74 Å². The smallest absolute Gasteiger partial charge is 0.410 e. The van der Waals surface area contributed by atoms with Crippen LogP contribution in [0, 0.1) is 0 Å². The Labute approximate surface area is 188 Å². The van der Waals surface area contributed by atoms with Crippen LogP contribution in [-0.2, 0) is 19.1 Å². The maximum Gasteiger partial charge on any atom is 0.417 e. The average Bonchev–Trinajstić information content (AvgIpc) is 2.81. The molecule has 0 unspecified atom stereocenters. The van der Waals surface area contributed by atoms with Gasteiger partial charge in [0.1, 0.15) is 5.75 Å². The lowest BCUT2D eigenvalue weighted by molar-refractivity contribution is -0.137. The maximum absolute atomic E-state index is 12.6. The molecular weight excluding hydrogens is 435 g/mol. The molecule has 0 spiro atoms. The van der Waals surface area contributed by atoms with Gasteiger partial charge in [0.15, 0.2) is 0 Å². The zero-order valence-electron chi connectivity index (χ0n) is 17.7. The third-order valence-electron chi connectivity index (χ3n) is 5.30. The topological polar surface area (TPSA) is 71.5 Å². The molecule has 3 aromatic rings.